The molecule has 0 spiro atoms. The van der Waals surface area contributed by atoms with Gasteiger partial charge in [0, 0.05) is 38.5 Å². The summed E-state index contributed by atoms with van der Waals surface area (Å²) in [7, 11) is 0. The van der Waals surface area contributed by atoms with Crippen LogP contribution in [0, 0.1) is 0 Å². The maximum Gasteiger partial charge on any atom is 0.0964 e. The van der Waals surface area contributed by atoms with Gasteiger partial charge in [-0.15, -0.1) is 5.10 Å². The van der Waals surface area contributed by atoms with Crippen molar-refractivity contribution in [1.29, 1.82) is 0 Å². The van der Waals surface area contributed by atoms with Crippen LogP contribution < -0.4 is 5.32 Å². The molecule has 2 unspecified atom stereocenters. The second kappa shape index (κ2) is 6.82. The van der Waals surface area contributed by atoms with Crippen LogP contribution in [-0.2, 0) is 17.8 Å². The molecular formula is C12H22N4O2. The van der Waals surface area contributed by atoms with Crippen LogP contribution in [0.5, 0.6) is 0 Å². The highest BCUT2D eigenvalue weighted by Crippen LogP contribution is 2.13. The molecule has 1 aromatic rings. The van der Waals surface area contributed by atoms with Gasteiger partial charge in [-0.25, -0.2) is 0 Å². The standard InChI is InChI=1S/C12H22N4O2/c1-10-7-11(3-6-18-10)13-8-12-9-16(15-14-12)4-2-5-17/h9-11,13,17H,2-8H2,1H3. The maximum atomic E-state index is 8.75. The zero-order valence-electron chi connectivity index (χ0n) is 10.9. The van der Waals surface area contributed by atoms with Crippen LogP contribution in [0.3, 0.4) is 0 Å². The third kappa shape index (κ3) is 4.04. The maximum absolute atomic E-state index is 8.75. The Bertz CT molecular complexity index is 356. The number of aromatic nitrogens is 3. The van der Waals surface area contributed by atoms with E-state index in [4.69, 9.17) is 9.84 Å². The molecule has 0 aromatic carbocycles. The van der Waals surface area contributed by atoms with Crippen LogP contribution in [0.2, 0.25) is 0 Å². The minimum absolute atomic E-state index is 0.188. The Morgan fingerprint density at radius 1 is 1.61 bits per heavy atom. The number of nitrogens with zero attached hydrogens (tertiary/aromatic N) is 3. The minimum atomic E-state index is 0.188. The minimum Gasteiger partial charge on any atom is -0.396 e. The van der Waals surface area contributed by atoms with E-state index in [1.165, 1.54) is 0 Å². The van der Waals surface area contributed by atoms with Crippen molar-refractivity contribution in [2.45, 2.75) is 51.4 Å². The summed E-state index contributed by atoms with van der Waals surface area (Å²) < 4.78 is 7.29. The highest BCUT2D eigenvalue weighted by atomic mass is 16.5. The molecule has 0 saturated carbocycles. The molecule has 1 aliphatic heterocycles. The Hall–Kier alpha value is -0.980. The molecule has 2 rings (SSSR count). The SMILES string of the molecule is CC1CC(NCc2cn(CCCO)nn2)CCO1. The first-order chi connectivity index (χ1) is 8.78. The van der Waals surface area contributed by atoms with Gasteiger partial charge in [0.2, 0.25) is 0 Å². The van der Waals surface area contributed by atoms with Crippen molar-refractivity contribution in [3.8, 4) is 0 Å². The fourth-order valence-corrected chi connectivity index (χ4v) is 2.19. The van der Waals surface area contributed by atoms with Gasteiger partial charge in [-0.2, -0.15) is 0 Å². The predicted molar refractivity (Wildman–Crippen MR) is 67.0 cm³/mol. The lowest BCUT2D eigenvalue weighted by Gasteiger charge is -2.27. The number of nitrogens with one attached hydrogen (secondary N) is 1. The smallest absolute Gasteiger partial charge is 0.0964 e. The number of hydrogen-bond acceptors (Lipinski definition) is 5. The summed E-state index contributed by atoms with van der Waals surface area (Å²) in [5, 5.41) is 20.4. The lowest BCUT2D eigenvalue weighted by Crippen LogP contribution is -2.37. The van der Waals surface area contributed by atoms with Crippen molar-refractivity contribution < 1.29 is 9.84 Å². The highest BCUT2D eigenvalue weighted by Gasteiger charge is 2.18. The van der Waals surface area contributed by atoms with Crippen molar-refractivity contribution in [2.75, 3.05) is 13.2 Å². The lowest BCUT2D eigenvalue weighted by molar-refractivity contribution is 0.0130. The van der Waals surface area contributed by atoms with Crippen molar-refractivity contribution in [2.24, 2.45) is 0 Å². The Morgan fingerprint density at radius 2 is 2.50 bits per heavy atom. The van der Waals surface area contributed by atoms with Gasteiger partial charge in [-0.3, -0.25) is 4.68 Å². The first kappa shape index (κ1) is 13.5. The summed E-state index contributed by atoms with van der Waals surface area (Å²) in [6.45, 7) is 4.60. The third-order valence-electron chi connectivity index (χ3n) is 3.19. The molecule has 2 N–H and O–H groups in total. The molecule has 6 nitrogen and oxygen atoms in total. The number of aliphatic hydroxyl groups is 1. The molecule has 0 amide bonds. The van der Waals surface area contributed by atoms with E-state index in [-0.39, 0.29) is 6.61 Å². The van der Waals surface area contributed by atoms with Gasteiger partial charge in [0.25, 0.3) is 0 Å². The molecule has 6 heteroatoms. The largest absolute Gasteiger partial charge is 0.396 e. The molecule has 18 heavy (non-hydrogen) atoms. The summed E-state index contributed by atoms with van der Waals surface area (Å²) in [6, 6.07) is 0.511. The zero-order valence-corrected chi connectivity index (χ0v) is 10.9. The van der Waals surface area contributed by atoms with Gasteiger partial charge in [0.05, 0.1) is 11.8 Å². The normalized spacial score (nSPS) is 24.3. The van der Waals surface area contributed by atoms with Crippen LogP contribution in [0.1, 0.15) is 31.9 Å². The van der Waals surface area contributed by atoms with E-state index in [1.54, 1.807) is 4.68 Å². The van der Waals surface area contributed by atoms with E-state index in [0.29, 0.717) is 18.6 Å². The molecule has 2 heterocycles. The molecule has 0 bridgehead atoms. The molecular weight excluding hydrogens is 232 g/mol. The first-order valence-corrected chi connectivity index (χ1v) is 6.63. The Balaban J connectivity index is 1.74. The Kier molecular flexibility index (Phi) is 5.10. The van der Waals surface area contributed by atoms with E-state index < -0.39 is 0 Å². The Morgan fingerprint density at radius 3 is 3.28 bits per heavy atom. The van der Waals surface area contributed by atoms with Crippen molar-refractivity contribution in [3.05, 3.63) is 11.9 Å². The monoisotopic (exact) mass is 254 g/mol. The van der Waals surface area contributed by atoms with Crippen molar-refractivity contribution in [3.63, 3.8) is 0 Å². The number of rotatable bonds is 6. The van der Waals surface area contributed by atoms with Gasteiger partial charge in [0.1, 0.15) is 0 Å². The molecule has 0 radical (unpaired) electrons. The van der Waals surface area contributed by atoms with Crippen LogP contribution in [0.4, 0.5) is 0 Å². The topological polar surface area (TPSA) is 72.2 Å². The van der Waals surface area contributed by atoms with Crippen LogP contribution >= 0.6 is 0 Å². The van der Waals surface area contributed by atoms with E-state index in [2.05, 4.69) is 22.6 Å². The van der Waals surface area contributed by atoms with Crippen molar-refractivity contribution >= 4 is 0 Å². The number of ether oxygens (including phenoxy) is 1. The molecule has 2 atom stereocenters. The van der Waals surface area contributed by atoms with Gasteiger partial charge >= 0.3 is 0 Å². The average molecular weight is 254 g/mol. The van der Waals surface area contributed by atoms with Gasteiger partial charge in [0.15, 0.2) is 0 Å². The summed E-state index contributed by atoms with van der Waals surface area (Å²) in [4.78, 5) is 0. The number of aryl methyl sites for hydroxylation is 1. The van der Waals surface area contributed by atoms with Gasteiger partial charge in [-0.05, 0) is 26.2 Å². The molecule has 1 saturated heterocycles. The summed E-state index contributed by atoms with van der Waals surface area (Å²) in [5.74, 6) is 0. The van der Waals surface area contributed by atoms with Crippen LogP contribution in [0.15, 0.2) is 6.20 Å². The van der Waals surface area contributed by atoms with Gasteiger partial charge in [-0.1, -0.05) is 5.21 Å². The van der Waals surface area contributed by atoms with E-state index in [0.717, 1.165) is 38.2 Å². The van der Waals surface area contributed by atoms with Crippen LogP contribution in [0.25, 0.3) is 0 Å². The van der Waals surface area contributed by atoms with E-state index in [9.17, 15) is 0 Å². The van der Waals surface area contributed by atoms with Gasteiger partial charge < -0.3 is 15.2 Å². The summed E-state index contributed by atoms with van der Waals surface area (Å²) in [5.41, 5.74) is 0.951. The first-order valence-electron chi connectivity index (χ1n) is 6.63. The highest BCUT2D eigenvalue weighted by molar-refractivity contribution is 4.92. The van der Waals surface area contributed by atoms with E-state index >= 15 is 0 Å². The number of aliphatic hydroxyl groups excluding tert-OH is 1. The fraction of sp³-hybridized carbons (Fsp3) is 0.833. The fourth-order valence-electron chi connectivity index (χ4n) is 2.19. The molecule has 102 valence electrons. The second-order valence-corrected chi connectivity index (χ2v) is 4.83. The molecule has 1 fully saturated rings. The summed E-state index contributed by atoms with van der Waals surface area (Å²) in [6.07, 6.45) is 5.11. The average Bonchev–Trinajstić information content (AvgIpc) is 2.82. The lowest BCUT2D eigenvalue weighted by atomic mass is 10.0. The van der Waals surface area contributed by atoms with E-state index in [1.807, 2.05) is 6.20 Å². The zero-order chi connectivity index (χ0) is 12.8. The second-order valence-electron chi connectivity index (χ2n) is 4.83. The molecule has 1 aliphatic rings. The predicted octanol–water partition coefficient (Wildman–Crippen LogP) is 0.318. The third-order valence-corrected chi connectivity index (χ3v) is 3.19. The van der Waals surface area contributed by atoms with Crippen molar-refractivity contribution in [1.82, 2.24) is 20.3 Å². The molecule has 1 aromatic heterocycles. The van der Waals surface area contributed by atoms with Crippen LogP contribution in [-0.4, -0.2) is 45.5 Å². The Labute approximate surface area is 107 Å². The molecule has 0 aliphatic carbocycles. The quantitative estimate of drug-likeness (QED) is 0.765. The summed E-state index contributed by atoms with van der Waals surface area (Å²) >= 11 is 0. The number of hydrogen-bond donors (Lipinski definition) is 2.